The van der Waals surface area contributed by atoms with Gasteiger partial charge < -0.3 is 20.9 Å². The molecule has 11 heteroatoms. The molecule has 0 aliphatic carbocycles. The van der Waals surface area contributed by atoms with Crippen molar-refractivity contribution in [2.75, 3.05) is 12.3 Å². The number of anilines is 1. The molecule has 1 aromatic heterocycles. The molecule has 1 heterocycles. The Morgan fingerprint density at radius 2 is 1.60 bits per heavy atom. The van der Waals surface area contributed by atoms with Gasteiger partial charge in [-0.2, -0.15) is 18.2 Å². The van der Waals surface area contributed by atoms with Crippen LogP contribution in [-0.4, -0.2) is 34.8 Å². The van der Waals surface area contributed by atoms with Crippen molar-refractivity contribution in [3.8, 4) is 28.3 Å². The van der Waals surface area contributed by atoms with E-state index in [0.29, 0.717) is 16.7 Å². The van der Waals surface area contributed by atoms with E-state index in [1.54, 1.807) is 37.3 Å². The van der Waals surface area contributed by atoms with E-state index in [4.69, 9.17) is 20.9 Å². The van der Waals surface area contributed by atoms with E-state index in [-0.39, 0.29) is 36.1 Å². The summed E-state index contributed by atoms with van der Waals surface area (Å²) in [6.07, 6.45) is -6.88. The first-order valence-corrected chi connectivity index (χ1v) is 12.3. The number of ether oxygens (including phenoxy) is 2. The van der Waals surface area contributed by atoms with Crippen LogP contribution >= 0.6 is 0 Å². The van der Waals surface area contributed by atoms with Crippen LogP contribution < -0.4 is 16.2 Å². The maximum absolute atomic E-state index is 14.1. The summed E-state index contributed by atoms with van der Waals surface area (Å²) in [7, 11) is 0. The number of carbonyl (C=O) groups is 1. The maximum Gasteiger partial charge on any atom is 0.429 e. The van der Waals surface area contributed by atoms with Crippen molar-refractivity contribution < 1.29 is 31.8 Å². The molecule has 0 radical (unpaired) electrons. The van der Waals surface area contributed by atoms with Gasteiger partial charge in [0, 0.05) is 17.2 Å². The predicted molar refractivity (Wildman–Crippen MR) is 141 cm³/mol. The molecule has 3 aromatic carbocycles. The SMILES string of the molecule is CCOC(=O)[C@@H](N)Cc1ccc(-c2cc(OC(c3ccc(-c4cccc(F)c4)cc3)C(F)(F)F)nc(N)n2)cc1. The first-order valence-electron chi connectivity index (χ1n) is 12.3. The number of halogens is 4. The lowest BCUT2D eigenvalue weighted by molar-refractivity contribution is -0.198. The lowest BCUT2D eigenvalue weighted by Gasteiger charge is -2.22. The second-order valence-electron chi connectivity index (χ2n) is 8.88. The number of nitrogens with zero attached hydrogens (tertiary/aromatic N) is 2. The summed E-state index contributed by atoms with van der Waals surface area (Å²) in [4.78, 5) is 19.7. The van der Waals surface area contributed by atoms with Gasteiger partial charge in [0.25, 0.3) is 0 Å². The number of aromatic nitrogens is 2. The van der Waals surface area contributed by atoms with Gasteiger partial charge in [-0.15, -0.1) is 0 Å². The molecule has 40 heavy (non-hydrogen) atoms. The third kappa shape index (κ3) is 7.11. The topological polar surface area (TPSA) is 113 Å². The standard InChI is InChI=1S/C29H26F4N4O3/c1-2-39-27(38)23(34)14-17-6-8-19(9-7-17)24-16-25(37-28(35)36-24)40-26(29(31,32)33)20-12-10-18(11-13-20)21-4-3-5-22(30)15-21/h3-13,15-16,23,26H,2,14,34H2,1H3,(H2,35,36,37)/t23-,26?/m0/s1. The van der Waals surface area contributed by atoms with Gasteiger partial charge in [0.2, 0.25) is 17.9 Å². The fourth-order valence-electron chi connectivity index (χ4n) is 4.01. The van der Waals surface area contributed by atoms with E-state index in [9.17, 15) is 22.4 Å². The van der Waals surface area contributed by atoms with Crippen LogP contribution in [0.15, 0.2) is 78.9 Å². The second-order valence-corrected chi connectivity index (χ2v) is 8.88. The molecule has 7 nitrogen and oxygen atoms in total. The van der Waals surface area contributed by atoms with E-state index in [2.05, 4.69) is 9.97 Å². The van der Waals surface area contributed by atoms with Gasteiger partial charge in [-0.3, -0.25) is 4.79 Å². The molecule has 0 aliphatic rings. The van der Waals surface area contributed by atoms with Crippen molar-refractivity contribution in [2.45, 2.75) is 31.7 Å². The molecular weight excluding hydrogens is 528 g/mol. The minimum atomic E-state index is -4.78. The van der Waals surface area contributed by atoms with Crippen molar-refractivity contribution in [3.63, 3.8) is 0 Å². The van der Waals surface area contributed by atoms with Crippen LogP contribution in [0.2, 0.25) is 0 Å². The molecule has 0 spiro atoms. The summed E-state index contributed by atoms with van der Waals surface area (Å²) in [5.41, 5.74) is 14.1. The Labute approximate surface area is 227 Å². The third-order valence-electron chi connectivity index (χ3n) is 5.92. The van der Waals surface area contributed by atoms with Crippen LogP contribution in [0.3, 0.4) is 0 Å². The number of benzene rings is 3. The highest BCUT2D eigenvalue weighted by molar-refractivity contribution is 5.76. The van der Waals surface area contributed by atoms with Crippen LogP contribution in [0.5, 0.6) is 5.88 Å². The first kappa shape index (κ1) is 28.5. The zero-order valence-electron chi connectivity index (χ0n) is 21.4. The average Bonchev–Trinajstić information content (AvgIpc) is 2.91. The van der Waals surface area contributed by atoms with Crippen LogP contribution in [0, 0.1) is 5.82 Å². The van der Waals surface area contributed by atoms with E-state index < -0.39 is 30.1 Å². The second kappa shape index (κ2) is 12.1. The number of esters is 1. The van der Waals surface area contributed by atoms with Gasteiger partial charge in [0.15, 0.2) is 0 Å². The van der Waals surface area contributed by atoms with Gasteiger partial charge in [-0.25, -0.2) is 9.37 Å². The molecule has 0 bridgehead atoms. The molecule has 0 saturated heterocycles. The lowest BCUT2D eigenvalue weighted by atomic mass is 10.0. The number of rotatable bonds is 9. The van der Waals surface area contributed by atoms with Crippen molar-refractivity contribution in [3.05, 3.63) is 95.8 Å². The molecule has 0 saturated carbocycles. The maximum atomic E-state index is 14.1. The summed E-state index contributed by atoms with van der Waals surface area (Å²) in [5, 5.41) is 0. The number of hydrogen-bond donors (Lipinski definition) is 2. The molecule has 0 amide bonds. The highest BCUT2D eigenvalue weighted by Crippen LogP contribution is 2.38. The molecule has 0 fully saturated rings. The quantitative estimate of drug-likeness (QED) is 0.203. The molecule has 4 N–H and O–H groups in total. The fourth-order valence-corrected chi connectivity index (χ4v) is 4.01. The molecule has 0 aliphatic heterocycles. The Kier molecular flexibility index (Phi) is 8.64. The van der Waals surface area contributed by atoms with Crippen LogP contribution in [0.1, 0.15) is 24.2 Å². The highest BCUT2D eigenvalue weighted by Gasteiger charge is 2.43. The summed E-state index contributed by atoms with van der Waals surface area (Å²) >= 11 is 0. The number of carbonyl (C=O) groups excluding carboxylic acids is 1. The summed E-state index contributed by atoms with van der Waals surface area (Å²) in [5.74, 6) is -1.61. The number of nitrogens with two attached hydrogens (primary N) is 2. The summed E-state index contributed by atoms with van der Waals surface area (Å²) in [6, 6.07) is 18.4. The summed E-state index contributed by atoms with van der Waals surface area (Å²) < 4.78 is 65.9. The van der Waals surface area contributed by atoms with E-state index in [1.807, 2.05) is 0 Å². The fraction of sp³-hybridized carbons (Fsp3) is 0.207. The van der Waals surface area contributed by atoms with Crippen molar-refractivity contribution in [1.29, 1.82) is 0 Å². The normalized spacial score (nSPS) is 12.9. The number of hydrogen-bond acceptors (Lipinski definition) is 7. The zero-order chi connectivity index (χ0) is 28.9. The smallest absolute Gasteiger partial charge is 0.429 e. The molecule has 2 atom stereocenters. The summed E-state index contributed by atoms with van der Waals surface area (Å²) in [6.45, 7) is 1.91. The van der Waals surface area contributed by atoms with Crippen LogP contribution in [0.25, 0.3) is 22.4 Å². The van der Waals surface area contributed by atoms with E-state index >= 15 is 0 Å². The lowest BCUT2D eigenvalue weighted by Crippen LogP contribution is -2.34. The van der Waals surface area contributed by atoms with Gasteiger partial charge in [0.1, 0.15) is 11.9 Å². The Bertz CT molecular complexity index is 1460. The largest absolute Gasteiger partial charge is 0.465 e. The monoisotopic (exact) mass is 554 g/mol. The zero-order valence-corrected chi connectivity index (χ0v) is 21.4. The minimum absolute atomic E-state index is 0.173. The third-order valence-corrected chi connectivity index (χ3v) is 5.92. The van der Waals surface area contributed by atoms with Crippen LogP contribution in [-0.2, 0) is 16.0 Å². The van der Waals surface area contributed by atoms with Crippen LogP contribution in [0.4, 0.5) is 23.5 Å². The first-order chi connectivity index (χ1) is 19.0. The Balaban J connectivity index is 1.55. The average molecular weight is 555 g/mol. The van der Waals surface area contributed by atoms with E-state index in [0.717, 1.165) is 5.56 Å². The van der Waals surface area contributed by atoms with E-state index in [1.165, 1.54) is 48.5 Å². The van der Waals surface area contributed by atoms with Gasteiger partial charge in [-0.05, 0) is 42.2 Å². The van der Waals surface area contributed by atoms with Gasteiger partial charge >= 0.3 is 12.1 Å². The minimum Gasteiger partial charge on any atom is -0.465 e. The molecule has 4 aromatic rings. The highest BCUT2D eigenvalue weighted by atomic mass is 19.4. The Hall–Kier alpha value is -4.51. The molecular formula is C29H26F4N4O3. The predicted octanol–water partition coefficient (Wildman–Crippen LogP) is 5.65. The molecule has 1 unspecified atom stereocenters. The Morgan fingerprint density at radius 3 is 2.23 bits per heavy atom. The van der Waals surface area contributed by atoms with Gasteiger partial charge in [-0.1, -0.05) is 60.7 Å². The number of alkyl halides is 3. The van der Waals surface area contributed by atoms with Gasteiger partial charge in [0.05, 0.1) is 12.3 Å². The molecule has 208 valence electrons. The molecule has 4 rings (SSSR count). The number of nitrogen functional groups attached to an aromatic ring is 1. The van der Waals surface area contributed by atoms with Crippen molar-refractivity contribution >= 4 is 11.9 Å². The van der Waals surface area contributed by atoms with Crippen molar-refractivity contribution in [2.24, 2.45) is 5.73 Å². The van der Waals surface area contributed by atoms with Crippen molar-refractivity contribution in [1.82, 2.24) is 9.97 Å². The Morgan fingerprint density at radius 1 is 0.925 bits per heavy atom.